The van der Waals surface area contributed by atoms with E-state index in [1.165, 1.54) is 18.1 Å². The van der Waals surface area contributed by atoms with E-state index in [1.807, 2.05) is 0 Å². The molecule has 0 aliphatic rings. The number of aliphatic hydroxyl groups is 1. The van der Waals surface area contributed by atoms with Crippen molar-refractivity contribution in [3.8, 4) is 0 Å². The predicted molar refractivity (Wildman–Crippen MR) is 126 cm³/mol. The van der Waals surface area contributed by atoms with Gasteiger partial charge >= 0.3 is 5.97 Å². The van der Waals surface area contributed by atoms with Gasteiger partial charge in [0.15, 0.2) is 5.82 Å². The zero-order valence-electron chi connectivity index (χ0n) is 20.4. The quantitative estimate of drug-likeness (QED) is 0.273. The number of ether oxygens (including phenoxy) is 3. The molecule has 11 nitrogen and oxygen atoms in total. The highest BCUT2D eigenvalue weighted by Gasteiger charge is 2.14. The minimum Gasteiger partial charge on any atom is -0.463 e. The van der Waals surface area contributed by atoms with Crippen molar-refractivity contribution in [3.05, 3.63) is 24.3 Å². The van der Waals surface area contributed by atoms with Crippen LogP contribution in [0.15, 0.2) is 12.7 Å². The first-order chi connectivity index (χ1) is 14.9. The molecule has 2 rings (SSSR count). The molecule has 2 aromatic rings. The molecular formula is C19H38N6O5Si2. The van der Waals surface area contributed by atoms with Crippen LogP contribution in [0.3, 0.4) is 0 Å². The standard InChI is InChI=1S/C10H19N3O3Si.C9H19N3O2Si/c1-15-10(14)9-11-7-13(12-9)8-16-5-6-17(2,3)4;1-15(2,3)5-4-14-8-12-7-10-9(6-13)11-12/h7H,5-6,8H2,1-4H3;7,13H,4-6,8H2,1-3H3. The average Bonchev–Trinajstić information content (AvgIpc) is 3.36. The molecule has 1 N–H and O–H groups in total. The minimum absolute atomic E-state index is 0.0568. The molecule has 0 amide bonds. The van der Waals surface area contributed by atoms with Gasteiger partial charge < -0.3 is 19.3 Å². The van der Waals surface area contributed by atoms with Gasteiger partial charge in [0.2, 0.25) is 0 Å². The maximum absolute atomic E-state index is 11.1. The monoisotopic (exact) mass is 486 g/mol. The maximum Gasteiger partial charge on any atom is 0.377 e. The molecule has 2 heterocycles. The van der Waals surface area contributed by atoms with Crippen LogP contribution in [0.2, 0.25) is 51.4 Å². The highest BCUT2D eigenvalue weighted by atomic mass is 28.3. The smallest absolute Gasteiger partial charge is 0.377 e. The number of esters is 1. The Hall–Kier alpha value is -1.94. The lowest BCUT2D eigenvalue weighted by atomic mass is 10.6. The highest BCUT2D eigenvalue weighted by molar-refractivity contribution is 6.76. The lowest BCUT2D eigenvalue weighted by Gasteiger charge is -2.15. The van der Waals surface area contributed by atoms with E-state index in [-0.39, 0.29) is 12.4 Å². The third kappa shape index (κ3) is 12.8. The molecule has 0 bridgehead atoms. The summed E-state index contributed by atoms with van der Waals surface area (Å²) in [5, 5.41) is 16.7. The average molecular weight is 487 g/mol. The number of aromatic nitrogens is 6. The lowest BCUT2D eigenvalue weighted by Crippen LogP contribution is -2.22. The topological polar surface area (TPSA) is 126 Å². The van der Waals surface area contributed by atoms with Gasteiger partial charge in [-0.3, -0.25) is 0 Å². The second kappa shape index (κ2) is 13.6. The molecule has 0 aromatic carbocycles. The molecule has 182 valence electrons. The molecule has 0 spiro atoms. The van der Waals surface area contributed by atoms with E-state index in [4.69, 9.17) is 14.6 Å². The van der Waals surface area contributed by atoms with Crippen LogP contribution < -0.4 is 0 Å². The molecule has 0 aliphatic carbocycles. The predicted octanol–water partition coefficient (Wildman–Crippen LogP) is 2.46. The van der Waals surface area contributed by atoms with Gasteiger partial charge in [-0.2, -0.15) is 5.10 Å². The molecule has 0 unspecified atom stereocenters. The number of methoxy groups -OCH3 is 1. The summed E-state index contributed by atoms with van der Waals surface area (Å²) in [6.45, 7) is 15.9. The van der Waals surface area contributed by atoms with Crippen LogP contribution in [0.1, 0.15) is 16.4 Å². The molecule has 0 saturated carbocycles. The molecule has 2 aromatic heterocycles. The Labute approximate surface area is 192 Å². The maximum atomic E-state index is 11.1. The first-order valence-corrected chi connectivity index (χ1v) is 18.0. The Bertz CT molecular complexity index is 801. The number of carbonyl (C=O) groups excluding carboxylic acids is 1. The number of nitrogens with zero attached hydrogens (tertiary/aromatic N) is 6. The van der Waals surface area contributed by atoms with Crippen LogP contribution in [-0.4, -0.2) is 77.1 Å². The third-order valence-electron chi connectivity index (χ3n) is 4.07. The largest absolute Gasteiger partial charge is 0.463 e. The fraction of sp³-hybridized carbons (Fsp3) is 0.737. The fourth-order valence-corrected chi connectivity index (χ4v) is 3.60. The summed E-state index contributed by atoms with van der Waals surface area (Å²) in [5.74, 6) is -0.0454. The second-order valence-corrected chi connectivity index (χ2v) is 20.9. The first kappa shape index (κ1) is 28.1. The molecular weight excluding hydrogens is 448 g/mol. The van der Waals surface area contributed by atoms with Gasteiger partial charge in [0, 0.05) is 29.4 Å². The van der Waals surface area contributed by atoms with E-state index in [0.717, 1.165) is 18.7 Å². The molecule has 0 fully saturated rings. The van der Waals surface area contributed by atoms with Crippen LogP contribution >= 0.6 is 0 Å². The summed E-state index contributed by atoms with van der Waals surface area (Å²) >= 11 is 0. The first-order valence-electron chi connectivity index (χ1n) is 10.6. The Kier molecular flexibility index (Phi) is 11.9. The molecule has 32 heavy (non-hydrogen) atoms. The zero-order chi connectivity index (χ0) is 24.2. The van der Waals surface area contributed by atoms with Gasteiger partial charge in [-0.05, 0) is 12.1 Å². The molecule has 0 atom stereocenters. The van der Waals surface area contributed by atoms with E-state index < -0.39 is 22.1 Å². The summed E-state index contributed by atoms with van der Waals surface area (Å²) < 4.78 is 18.5. The van der Waals surface area contributed by atoms with Crippen LogP contribution in [0.4, 0.5) is 0 Å². The highest BCUT2D eigenvalue weighted by Crippen LogP contribution is 2.08. The minimum atomic E-state index is -1.06. The fourth-order valence-electron chi connectivity index (χ4n) is 2.08. The van der Waals surface area contributed by atoms with E-state index in [1.54, 1.807) is 11.0 Å². The van der Waals surface area contributed by atoms with Crippen molar-refractivity contribution in [2.24, 2.45) is 0 Å². The van der Waals surface area contributed by atoms with Gasteiger partial charge in [0.25, 0.3) is 5.82 Å². The van der Waals surface area contributed by atoms with Gasteiger partial charge in [0.05, 0.1) is 7.11 Å². The summed E-state index contributed by atoms with van der Waals surface area (Å²) in [6, 6.07) is 2.25. The van der Waals surface area contributed by atoms with E-state index in [9.17, 15) is 4.79 Å². The summed E-state index contributed by atoms with van der Waals surface area (Å²) in [6.07, 6.45) is 3.03. The van der Waals surface area contributed by atoms with Gasteiger partial charge in [-0.1, -0.05) is 39.3 Å². The Morgan fingerprint density at radius 3 is 1.84 bits per heavy atom. The Morgan fingerprint density at radius 1 is 0.906 bits per heavy atom. The Morgan fingerprint density at radius 2 is 1.41 bits per heavy atom. The molecule has 0 saturated heterocycles. The lowest BCUT2D eigenvalue weighted by molar-refractivity contribution is 0.0577. The van der Waals surface area contributed by atoms with E-state index >= 15 is 0 Å². The zero-order valence-corrected chi connectivity index (χ0v) is 22.4. The number of hydrogen-bond acceptors (Lipinski definition) is 9. The van der Waals surface area contributed by atoms with Gasteiger partial charge in [-0.15, -0.1) is 5.10 Å². The van der Waals surface area contributed by atoms with Crippen molar-refractivity contribution in [2.45, 2.75) is 71.4 Å². The van der Waals surface area contributed by atoms with E-state index in [0.29, 0.717) is 25.9 Å². The van der Waals surface area contributed by atoms with Crippen molar-refractivity contribution in [2.75, 3.05) is 20.3 Å². The summed E-state index contributed by atoms with van der Waals surface area (Å²) in [4.78, 5) is 18.8. The van der Waals surface area contributed by atoms with Crippen molar-refractivity contribution in [1.82, 2.24) is 29.5 Å². The second-order valence-electron chi connectivity index (χ2n) is 9.65. The SMILES string of the molecule is COC(=O)c1ncn(COCC[Si](C)(C)C)n1.C[Si](C)(C)CCOCn1cnc(CO)n1. The number of hydrogen-bond donors (Lipinski definition) is 1. The van der Waals surface area contributed by atoms with Crippen LogP contribution in [-0.2, 0) is 34.3 Å². The van der Waals surface area contributed by atoms with Crippen LogP contribution in [0.5, 0.6) is 0 Å². The van der Waals surface area contributed by atoms with E-state index in [2.05, 4.69) is 64.2 Å². The number of carbonyl (C=O) groups is 1. The van der Waals surface area contributed by atoms with Crippen molar-refractivity contribution in [3.63, 3.8) is 0 Å². The summed E-state index contributed by atoms with van der Waals surface area (Å²) in [7, 11) is -0.767. The molecule has 0 radical (unpaired) electrons. The summed E-state index contributed by atoms with van der Waals surface area (Å²) in [5.41, 5.74) is 0. The van der Waals surface area contributed by atoms with Crippen molar-refractivity contribution >= 4 is 22.1 Å². The van der Waals surface area contributed by atoms with Gasteiger partial charge in [-0.25, -0.2) is 24.1 Å². The third-order valence-corrected chi connectivity index (χ3v) is 7.48. The van der Waals surface area contributed by atoms with Gasteiger partial charge in [0.1, 0.15) is 32.7 Å². The number of rotatable bonds is 12. The number of aliphatic hydroxyl groups excluding tert-OH is 1. The normalized spacial score (nSPS) is 11.8. The van der Waals surface area contributed by atoms with Crippen LogP contribution in [0.25, 0.3) is 0 Å². The Balaban J connectivity index is 0.000000323. The molecule has 13 heteroatoms. The van der Waals surface area contributed by atoms with Crippen LogP contribution in [0, 0.1) is 0 Å². The van der Waals surface area contributed by atoms with Crippen molar-refractivity contribution < 1.29 is 24.1 Å². The van der Waals surface area contributed by atoms with Crippen molar-refractivity contribution in [1.29, 1.82) is 0 Å². The molecule has 0 aliphatic heterocycles.